The molecule has 0 unspecified atom stereocenters. The minimum absolute atomic E-state index is 0.117. The molecular formula is C19H18FN3OS. The summed E-state index contributed by atoms with van der Waals surface area (Å²) in [6.45, 7) is 2.35. The van der Waals surface area contributed by atoms with Gasteiger partial charge in [-0.3, -0.25) is 9.36 Å². The maximum absolute atomic E-state index is 13.1. The molecule has 3 aromatic rings. The highest BCUT2D eigenvalue weighted by molar-refractivity contribution is 7.99. The number of imidazole rings is 1. The van der Waals surface area contributed by atoms with Gasteiger partial charge in [-0.15, -0.1) is 0 Å². The molecule has 0 saturated heterocycles. The molecule has 0 saturated carbocycles. The van der Waals surface area contributed by atoms with E-state index in [4.69, 9.17) is 0 Å². The molecule has 1 heterocycles. The van der Waals surface area contributed by atoms with Crippen LogP contribution in [-0.2, 0) is 11.3 Å². The highest BCUT2D eigenvalue weighted by atomic mass is 32.2. The van der Waals surface area contributed by atoms with Gasteiger partial charge in [0.2, 0.25) is 5.91 Å². The van der Waals surface area contributed by atoms with Crippen molar-refractivity contribution in [1.82, 2.24) is 14.9 Å². The number of halogens is 1. The van der Waals surface area contributed by atoms with Crippen molar-refractivity contribution >= 4 is 17.7 Å². The van der Waals surface area contributed by atoms with Crippen molar-refractivity contribution in [3.8, 4) is 5.69 Å². The van der Waals surface area contributed by atoms with Crippen LogP contribution in [0.25, 0.3) is 5.69 Å². The molecular weight excluding hydrogens is 337 g/mol. The fourth-order valence-corrected chi connectivity index (χ4v) is 3.24. The van der Waals surface area contributed by atoms with Crippen molar-refractivity contribution in [1.29, 1.82) is 0 Å². The Bertz CT molecular complexity index is 878. The number of nitrogens with zero attached hydrogens (tertiary/aromatic N) is 2. The van der Waals surface area contributed by atoms with Crippen LogP contribution in [0.2, 0.25) is 0 Å². The maximum Gasteiger partial charge on any atom is 0.230 e. The fraction of sp³-hybridized carbons (Fsp3) is 0.158. The van der Waals surface area contributed by atoms with Gasteiger partial charge >= 0.3 is 0 Å². The van der Waals surface area contributed by atoms with Crippen molar-refractivity contribution in [3.63, 3.8) is 0 Å². The third-order valence-corrected chi connectivity index (χ3v) is 4.66. The van der Waals surface area contributed by atoms with Crippen LogP contribution in [-0.4, -0.2) is 21.2 Å². The predicted octanol–water partition coefficient (Wildman–Crippen LogP) is 3.73. The zero-order valence-electron chi connectivity index (χ0n) is 13.8. The summed E-state index contributed by atoms with van der Waals surface area (Å²) in [7, 11) is 0. The second-order valence-electron chi connectivity index (χ2n) is 5.56. The van der Waals surface area contributed by atoms with E-state index in [2.05, 4.69) is 10.3 Å². The predicted molar refractivity (Wildman–Crippen MR) is 97.3 cm³/mol. The number of carbonyl (C=O) groups is 1. The zero-order chi connectivity index (χ0) is 17.6. The van der Waals surface area contributed by atoms with Gasteiger partial charge in [0.1, 0.15) is 5.82 Å². The Morgan fingerprint density at radius 2 is 2.08 bits per heavy atom. The van der Waals surface area contributed by atoms with Gasteiger partial charge in [-0.25, -0.2) is 9.37 Å². The van der Waals surface area contributed by atoms with E-state index in [1.54, 1.807) is 18.3 Å². The average Bonchev–Trinajstić information content (AvgIpc) is 3.07. The second-order valence-corrected chi connectivity index (χ2v) is 6.50. The number of para-hydroxylation sites is 1. The first kappa shape index (κ1) is 17.2. The van der Waals surface area contributed by atoms with E-state index in [0.717, 1.165) is 22.0 Å². The molecule has 0 fully saturated rings. The summed E-state index contributed by atoms with van der Waals surface area (Å²) >= 11 is 1.37. The average molecular weight is 355 g/mol. The Morgan fingerprint density at radius 3 is 2.88 bits per heavy atom. The Kier molecular flexibility index (Phi) is 5.50. The molecule has 0 aliphatic rings. The van der Waals surface area contributed by atoms with Gasteiger partial charge in [0.05, 0.1) is 11.4 Å². The molecule has 1 N–H and O–H groups in total. The first-order valence-corrected chi connectivity index (χ1v) is 8.85. The lowest BCUT2D eigenvalue weighted by Crippen LogP contribution is -2.24. The van der Waals surface area contributed by atoms with E-state index in [0.29, 0.717) is 6.54 Å². The minimum atomic E-state index is -0.304. The fourth-order valence-electron chi connectivity index (χ4n) is 2.44. The molecule has 128 valence electrons. The largest absolute Gasteiger partial charge is 0.351 e. The Labute approximate surface area is 150 Å². The third kappa shape index (κ3) is 4.48. The van der Waals surface area contributed by atoms with Crippen LogP contribution in [0, 0.1) is 12.7 Å². The monoisotopic (exact) mass is 355 g/mol. The first-order chi connectivity index (χ1) is 12.1. The molecule has 0 aliphatic heterocycles. The SMILES string of the molecule is Cc1ccccc1-n1ccnc1SCC(=O)NCc1cccc(F)c1. The summed E-state index contributed by atoms with van der Waals surface area (Å²) in [5.74, 6) is -0.173. The normalized spacial score (nSPS) is 10.6. The lowest BCUT2D eigenvalue weighted by atomic mass is 10.2. The number of carbonyl (C=O) groups excluding carboxylic acids is 1. The van der Waals surface area contributed by atoms with Crippen LogP contribution < -0.4 is 5.32 Å². The van der Waals surface area contributed by atoms with E-state index >= 15 is 0 Å². The molecule has 6 heteroatoms. The van der Waals surface area contributed by atoms with Crippen molar-refractivity contribution in [2.24, 2.45) is 0 Å². The van der Waals surface area contributed by atoms with Crippen molar-refractivity contribution < 1.29 is 9.18 Å². The molecule has 0 aliphatic carbocycles. The number of aryl methyl sites for hydroxylation is 1. The highest BCUT2D eigenvalue weighted by Gasteiger charge is 2.10. The van der Waals surface area contributed by atoms with Crippen LogP contribution in [0.5, 0.6) is 0 Å². The molecule has 0 bridgehead atoms. The van der Waals surface area contributed by atoms with E-state index in [-0.39, 0.29) is 17.5 Å². The quantitative estimate of drug-likeness (QED) is 0.686. The topological polar surface area (TPSA) is 46.9 Å². The molecule has 1 aromatic heterocycles. The van der Waals surface area contributed by atoms with Crippen LogP contribution in [0.1, 0.15) is 11.1 Å². The van der Waals surface area contributed by atoms with Gasteiger partial charge < -0.3 is 5.32 Å². The van der Waals surface area contributed by atoms with Crippen LogP contribution in [0.4, 0.5) is 4.39 Å². The first-order valence-electron chi connectivity index (χ1n) is 7.87. The van der Waals surface area contributed by atoms with Crippen LogP contribution >= 0.6 is 11.8 Å². The number of thioether (sulfide) groups is 1. The molecule has 1 amide bonds. The minimum Gasteiger partial charge on any atom is -0.351 e. The van der Waals surface area contributed by atoms with E-state index < -0.39 is 0 Å². The molecule has 0 spiro atoms. The lowest BCUT2D eigenvalue weighted by molar-refractivity contribution is -0.118. The third-order valence-electron chi connectivity index (χ3n) is 3.69. The van der Waals surface area contributed by atoms with E-state index in [9.17, 15) is 9.18 Å². The molecule has 2 aromatic carbocycles. The smallest absolute Gasteiger partial charge is 0.230 e. The standard InChI is InChI=1S/C19H18FN3OS/c1-14-5-2-3-8-17(14)23-10-9-21-19(23)25-13-18(24)22-12-15-6-4-7-16(20)11-15/h2-11H,12-13H2,1H3,(H,22,24). The lowest BCUT2D eigenvalue weighted by Gasteiger charge is -2.10. The number of hydrogen-bond acceptors (Lipinski definition) is 3. The zero-order valence-corrected chi connectivity index (χ0v) is 14.6. The summed E-state index contributed by atoms with van der Waals surface area (Å²) in [5.41, 5.74) is 2.92. The molecule has 3 rings (SSSR count). The summed E-state index contributed by atoms with van der Waals surface area (Å²) in [6, 6.07) is 14.2. The van der Waals surface area contributed by atoms with E-state index in [1.165, 1.54) is 23.9 Å². The molecule has 25 heavy (non-hydrogen) atoms. The van der Waals surface area contributed by atoms with Crippen molar-refractivity contribution in [2.75, 3.05) is 5.75 Å². The summed E-state index contributed by atoms with van der Waals surface area (Å²) in [5, 5.41) is 3.56. The van der Waals surface area contributed by atoms with Gasteiger partial charge in [-0.2, -0.15) is 0 Å². The molecule has 4 nitrogen and oxygen atoms in total. The summed E-state index contributed by atoms with van der Waals surface area (Å²) in [4.78, 5) is 16.4. The van der Waals surface area contributed by atoms with Gasteiger partial charge in [0.25, 0.3) is 0 Å². The van der Waals surface area contributed by atoms with Gasteiger partial charge in [-0.1, -0.05) is 42.1 Å². The van der Waals surface area contributed by atoms with E-state index in [1.807, 2.05) is 42.0 Å². The van der Waals surface area contributed by atoms with Crippen LogP contribution in [0.3, 0.4) is 0 Å². The van der Waals surface area contributed by atoms with Crippen molar-refractivity contribution in [2.45, 2.75) is 18.6 Å². The number of amides is 1. The Balaban J connectivity index is 1.58. The number of nitrogens with one attached hydrogen (secondary N) is 1. The molecule has 0 radical (unpaired) electrons. The highest BCUT2D eigenvalue weighted by Crippen LogP contribution is 2.22. The number of hydrogen-bond donors (Lipinski definition) is 1. The van der Waals surface area contributed by atoms with Gasteiger partial charge in [-0.05, 0) is 36.2 Å². The van der Waals surface area contributed by atoms with Gasteiger partial charge in [0, 0.05) is 18.9 Å². The Morgan fingerprint density at radius 1 is 1.24 bits per heavy atom. The van der Waals surface area contributed by atoms with Gasteiger partial charge in [0.15, 0.2) is 5.16 Å². The maximum atomic E-state index is 13.1. The number of rotatable bonds is 6. The Hall–Kier alpha value is -2.60. The number of aromatic nitrogens is 2. The van der Waals surface area contributed by atoms with Crippen molar-refractivity contribution in [3.05, 3.63) is 77.9 Å². The molecule has 0 atom stereocenters. The summed E-state index contributed by atoms with van der Waals surface area (Å²) < 4.78 is 15.1. The second kappa shape index (κ2) is 7.98. The summed E-state index contributed by atoms with van der Waals surface area (Å²) in [6.07, 6.45) is 3.61. The van der Waals surface area contributed by atoms with Crippen LogP contribution in [0.15, 0.2) is 66.1 Å². The number of benzene rings is 2.